The molecule has 0 amide bonds. The van der Waals surface area contributed by atoms with E-state index in [2.05, 4.69) is 32.9 Å². The Kier molecular flexibility index (Phi) is 18.4. The average Bonchev–Trinajstić information content (AvgIpc) is 2.89. The van der Waals surface area contributed by atoms with Crippen molar-refractivity contribution in [2.45, 2.75) is 51.4 Å². The zero-order chi connectivity index (χ0) is 28.0. The van der Waals surface area contributed by atoms with Crippen molar-refractivity contribution < 1.29 is 43.5 Å². The van der Waals surface area contributed by atoms with Crippen LogP contribution >= 0.6 is 0 Å². The van der Waals surface area contributed by atoms with Gasteiger partial charge in [0.05, 0.1) is 82.1 Å². The second kappa shape index (κ2) is 20.1. The van der Waals surface area contributed by atoms with Crippen LogP contribution in [0.3, 0.4) is 0 Å². The third-order valence-electron chi connectivity index (χ3n) is 6.58. The van der Waals surface area contributed by atoms with Gasteiger partial charge in [-0.05, 0) is 50.4 Å². The van der Waals surface area contributed by atoms with E-state index in [0.29, 0.717) is 51.7 Å². The Bertz CT molecular complexity index is 694. The molecule has 0 aromatic carbocycles. The Morgan fingerprint density at radius 3 is 1.65 bits per heavy atom. The number of esters is 2. The SMILES string of the molecule is C=COCCCCC(CCCCOC=C)(CC(CC(=O)OC=C)C(=O)OC=C)C(CO)(CO)COC=C. The third kappa shape index (κ3) is 11.7. The summed E-state index contributed by atoms with van der Waals surface area (Å²) in [5.74, 6) is -2.27. The molecule has 9 heteroatoms. The molecular weight excluding hydrogens is 480 g/mol. The Balaban J connectivity index is 6.52. The molecule has 1 unspecified atom stereocenters. The molecule has 0 heterocycles. The van der Waals surface area contributed by atoms with Crippen molar-refractivity contribution >= 4 is 11.9 Å². The summed E-state index contributed by atoms with van der Waals surface area (Å²) in [4.78, 5) is 25.3. The van der Waals surface area contributed by atoms with Gasteiger partial charge in [-0.2, -0.15) is 0 Å². The molecule has 0 saturated carbocycles. The van der Waals surface area contributed by atoms with Gasteiger partial charge in [0.15, 0.2) is 0 Å². The summed E-state index contributed by atoms with van der Waals surface area (Å²) in [6.45, 7) is 17.5. The highest BCUT2D eigenvalue weighted by molar-refractivity contribution is 5.80. The van der Waals surface area contributed by atoms with Gasteiger partial charge in [-0.1, -0.05) is 32.9 Å². The lowest BCUT2D eigenvalue weighted by Crippen LogP contribution is -2.52. The molecule has 0 aliphatic heterocycles. The summed E-state index contributed by atoms with van der Waals surface area (Å²) in [6.07, 6.45) is 9.41. The average molecular weight is 525 g/mol. The van der Waals surface area contributed by atoms with E-state index in [0.717, 1.165) is 12.5 Å². The zero-order valence-corrected chi connectivity index (χ0v) is 21.9. The molecule has 0 spiro atoms. The van der Waals surface area contributed by atoms with Crippen LogP contribution in [0.25, 0.3) is 0 Å². The van der Waals surface area contributed by atoms with E-state index in [1.165, 1.54) is 18.8 Å². The Morgan fingerprint density at radius 1 is 0.703 bits per heavy atom. The molecule has 9 nitrogen and oxygen atoms in total. The molecule has 0 bridgehead atoms. The summed E-state index contributed by atoms with van der Waals surface area (Å²) < 4.78 is 26.0. The van der Waals surface area contributed by atoms with Crippen LogP contribution in [-0.4, -0.2) is 55.2 Å². The van der Waals surface area contributed by atoms with Gasteiger partial charge in [0.1, 0.15) is 0 Å². The minimum Gasteiger partial charge on any atom is -0.502 e. The Labute approximate surface area is 221 Å². The van der Waals surface area contributed by atoms with E-state index >= 15 is 0 Å². The highest BCUT2D eigenvalue weighted by Crippen LogP contribution is 2.52. The topological polar surface area (TPSA) is 121 Å². The first-order valence-corrected chi connectivity index (χ1v) is 12.4. The van der Waals surface area contributed by atoms with Crippen molar-refractivity contribution in [3.8, 4) is 0 Å². The largest absolute Gasteiger partial charge is 0.502 e. The van der Waals surface area contributed by atoms with Gasteiger partial charge in [0.2, 0.25) is 0 Å². The van der Waals surface area contributed by atoms with Crippen LogP contribution in [0.4, 0.5) is 0 Å². The van der Waals surface area contributed by atoms with E-state index in [-0.39, 0.29) is 19.4 Å². The minimum atomic E-state index is -1.17. The van der Waals surface area contributed by atoms with Crippen LogP contribution < -0.4 is 0 Å². The number of hydrogen-bond acceptors (Lipinski definition) is 9. The number of unbranched alkanes of at least 4 members (excludes halogenated alkanes) is 2. The van der Waals surface area contributed by atoms with E-state index in [4.69, 9.17) is 23.7 Å². The smallest absolute Gasteiger partial charge is 0.314 e. The van der Waals surface area contributed by atoms with Gasteiger partial charge in [0, 0.05) is 0 Å². The van der Waals surface area contributed by atoms with E-state index in [1.807, 2.05) is 0 Å². The maximum Gasteiger partial charge on any atom is 0.314 e. The number of hydrogen-bond donors (Lipinski definition) is 2. The number of rotatable bonds is 25. The normalized spacial score (nSPS) is 11.9. The van der Waals surface area contributed by atoms with Crippen LogP contribution in [0.5, 0.6) is 0 Å². The molecule has 0 aliphatic carbocycles. The maximum atomic E-state index is 12.9. The van der Waals surface area contributed by atoms with Gasteiger partial charge in [0.25, 0.3) is 0 Å². The molecule has 0 rings (SSSR count). The van der Waals surface area contributed by atoms with Crippen LogP contribution in [0, 0.1) is 16.7 Å². The number of aliphatic hydroxyl groups excluding tert-OH is 2. The van der Waals surface area contributed by atoms with Crippen LogP contribution in [0.15, 0.2) is 64.2 Å². The first-order valence-electron chi connectivity index (χ1n) is 12.4. The summed E-state index contributed by atoms with van der Waals surface area (Å²) >= 11 is 0. The van der Waals surface area contributed by atoms with Crippen molar-refractivity contribution in [3.63, 3.8) is 0 Å². The predicted octanol–water partition coefficient (Wildman–Crippen LogP) is 4.53. The lowest BCUT2D eigenvalue weighted by molar-refractivity contribution is -0.156. The highest BCUT2D eigenvalue weighted by atomic mass is 16.5. The van der Waals surface area contributed by atoms with Crippen LogP contribution in [0.2, 0.25) is 0 Å². The molecule has 0 aromatic heterocycles. The van der Waals surface area contributed by atoms with Gasteiger partial charge < -0.3 is 33.9 Å². The lowest BCUT2D eigenvalue weighted by atomic mass is 9.56. The molecule has 37 heavy (non-hydrogen) atoms. The van der Waals surface area contributed by atoms with Crippen molar-refractivity contribution in [3.05, 3.63) is 64.2 Å². The van der Waals surface area contributed by atoms with Crippen LogP contribution in [-0.2, 0) is 33.3 Å². The van der Waals surface area contributed by atoms with E-state index in [9.17, 15) is 19.8 Å². The van der Waals surface area contributed by atoms with E-state index < -0.39 is 41.9 Å². The van der Waals surface area contributed by atoms with Crippen molar-refractivity contribution in [2.75, 3.05) is 33.0 Å². The molecule has 0 aromatic rings. The summed E-state index contributed by atoms with van der Waals surface area (Å²) in [6, 6.07) is 0. The van der Waals surface area contributed by atoms with E-state index in [1.54, 1.807) is 0 Å². The van der Waals surface area contributed by atoms with Gasteiger partial charge in [-0.25, -0.2) is 0 Å². The Hall–Kier alpha value is -3.04. The fourth-order valence-electron chi connectivity index (χ4n) is 4.62. The predicted molar refractivity (Wildman–Crippen MR) is 140 cm³/mol. The molecule has 0 fully saturated rings. The molecule has 210 valence electrons. The quantitative estimate of drug-likeness (QED) is 0.101. The molecule has 2 N–H and O–H groups in total. The molecule has 0 saturated heterocycles. The maximum absolute atomic E-state index is 12.9. The zero-order valence-electron chi connectivity index (χ0n) is 21.9. The standard InChI is InChI=1S/C28H44O9/c1-6-33-17-13-11-15-27(16-12-14-18-34-7-2,28(21-29,22-30)23-35-8-3)20-24(26(32)37-10-5)19-25(31)36-9-4/h6-10,24,29-30H,1-5,11-23H2. The number of aliphatic hydroxyl groups is 2. The first-order chi connectivity index (χ1) is 17.9. The number of ether oxygens (including phenoxy) is 5. The second-order valence-electron chi connectivity index (χ2n) is 8.71. The summed E-state index contributed by atoms with van der Waals surface area (Å²) in [5, 5.41) is 21.3. The highest BCUT2D eigenvalue weighted by Gasteiger charge is 2.52. The van der Waals surface area contributed by atoms with Crippen molar-refractivity contribution in [2.24, 2.45) is 16.7 Å². The summed E-state index contributed by atoms with van der Waals surface area (Å²) in [7, 11) is 0. The van der Waals surface area contributed by atoms with Gasteiger partial charge in [-0.3, -0.25) is 9.59 Å². The second-order valence-corrected chi connectivity index (χ2v) is 8.71. The minimum absolute atomic E-state index is 0.0455. The number of carbonyl (C=O) groups is 2. The Morgan fingerprint density at radius 2 is 1.22 bits per heavy atom. The molecule has 0 aliphatic rings. The third-order valence-corrected chi connectivity index (χ3v) is 6.58. The first kappa shape index (κ1) is 34.0. The van der Waals surface area contributed by atoms with Gasteiger partial charge in [-0.15, -0.1) is 0 Å². The fraction of sp³-hybridized carbons (Fsp3) is 0.571. The van der Waals surface area contributed by atoms with Crippen molar-refractivity contribution in [1.29, 1.82) is 0 Å². The monoisotopic (exact) mass is 524 g/mol. The lowest BCUT2D eigenvalue weighted by Gasteiger charge is -2.50. The number of carbonyl (C=O) groups excluding carboxylic acids is 2. The molecule has 0 radical (unpaired) electrons. The molecular formula is C28H44O9. The summed E-state index contributed by atoms with van der Waals surface area (Å²) in [5.41, 5.74) is -2.03. The molecule has 1 atom stereocenters. The van der Waals surface area contributed by atoms with Crippen molar-refractivity contribution in [1.82, 2.24) is 0 Å². The van der Waals surface area contributed by atoms with Gasteiger partial charge >= 0.3 is 11.9 Å². The van der Waals surface area contributed by atoms with Crippen LogP contribution in [0.1, 0.15) is 51.4 Å². The fourth-order valence-corrected chi connectivity index (χ4v) is 4.62.